The number of rotatable bonds is 7. The largest absolute Gasteiger partial charge is 0.326 e. The molecule has 0 unspecified atom stereocenters. The van der Waals surface area contributed by atoms with E-state index in [0.29, 0.717) is 24.0 Å². The van der Waals surface area contributed by atoms with Crippen molar-refractivity contribution in [1.82, 2.24) is 4.90 Å². The molecule has 0 radical (unpaired) electrons. The summed E-state index contributed by atoms with van der Waals surface area (Å²) >= 11 is 0. The molecule has 2 rings (SSSR count). The summed E-state index contributed by atoms with van der Waals surface area (Å²) in [5.74, 6) is 0.194. The van der Waals surface area contributed by atoms with Crippen LogP contribution in [0.1, 0.15) is 38.2 Å². The van der Waals surface area contributed by atoms with Crippen molar-refractivity contribution >= 4 is 9.84 Å². The Labute approximate surface area is 128 Å². The van der Waals surface area contributed by atoms with Gasteiger partial charge in [0.05, 0.1) is 10.6 Å². The van der Waals surface area contributed by atoms with Crippen molar-refractivity contribution in [2.75, 3.05) is 18.8 Å². The molecular formula is C16H26N2O2S. The van der Waals surface area contributed by atoms with Gasteiger partial charge < -0.3 is 5.73 Å². The second kappa shape index (κ2) is 7.38. The van der Waals surface area contributed by atoms with E-state index in [2.05, 4.69) is 11.8 Å². The van der Waals surface area contributed by atoms with Gasteiger partial charge in [0.1, 0.15) is 0 Å². The minimum Gasteiger partial charge on any atom is -0.326 e. The number of nitrogens with zero attached hydrogens (tertiary/aromatic N) is 1. The highest BCUT2D eigenvalue weighted by molar-refractivity contribution is 7.91. The maximum atomic E-state index is 12.4. The van der Waals surface area contributed by atoms with Crippen LogP contribution in [0, 0.1) is 0 Å². The lowest BCUT2D eigenvalue weighted by atomic mass is 10.2. The smallest absolute Gasteiger partial charge is 0.179 e. The Morgan fingerprint density at radius 3 is 2.33 bits per heavy atom. The second-order valence-electron chi connectivity index (χ2n) is 5.73. The fourth-order valence-electron chi connectivity index (χ4n) is 3.06. The van der Waals surface area contributed by atoms with Gasteiger partial charge in [0.15, 0.2) is 9.84 Å². The number of hydrogen-bond acceptors (Lipinski definition) is 4. The zero-order valence-electron chi connectivity index (χ0n) is 12.8. The third kappa shape index (κ3) is 4.28. The zero-order valence-corrected chi connectivity index (χ0v) is 13.6. The van der Waals surface area contributed by atoms with Crippen LogP contribution in [0.5, 0.6) is 0 Å². The van der Waals surface area contributed by atoms with Gasteiger partial charge in [-0.15, -0.1) is 0 Å². The van der Waals surface area contributed by atoms with Gasteiger partial charge in [0, 0.05) is 19.1 Å². The third-order valence-electron chi connectivity index (χ3n) is 4.41. The molecule has 0 saturated heterocycles. The summed E-state index contributed by atoms with van der Waals surface area (Å²) in [7, 11) is -3.20. The SMILES string of the molecule is CCN(CCS(=O)(=O)c1ccc(CN)cc1)C1CCCC1. The van der Waals surface area contributed by atoms with Crippen molar-refractivity contribution in [3.8, 4) is 0 Å². The summed E-state index contributed by atoms with van der Waals surface area (Å²) in [5.41, 5.74) is 6.49. The second-order valence-corrected chi connectivity index (χ2v) is 7.84. The molecule has 0 amide bonds. The molecule has 4 nitrogen and oxygen atoms in total. The fourth-order valence-corrected chi connectivity index (χ4v) is 4.32. The van der Waals surface area contributed by atoms with Crippen LogP contribution >= 0.6 is 0 Å². The van der Waals surface area contributed by atoms with E-state index in [1.54, 1.807) is 24.3 Å². The molecule has 2 N–H and O–H groups in total. The summed E-state index contributed by atoms with van der Waals surface area (Å²) in [6.45, 7) is 4.10. The van der Waals surface area contributed by atoms with Crippen LogP contribution in [0.15, 0.2) is 29.2 Å². The van der Waals surface area contributed by atoms with Crippen LogP contribution in [0.4, 0.5) is 0 Å². The van der Waals surface area contributed by atoms with E-state index in [1.807, 2.05) is 0 Å². The minimum atomic E-state index is -3.20. The molecule has 1 aliphatic rings. The maximum Gasteiger partial charge on any atom is 0.179 e. The molecule has 0 bridgehead atoms. The predicted octanol–water partition coefficient (Wildman–Crippen LogP) is 2.18. The van der Waals surface area contributed by atoms with Gasteiger partial charge in [-0.2, -0.15) is 0 Å². The first kappa shape index (κ1) is 16.5. The maximum absolute atomic E-state index is 12.4. The monoisotopic (exact) mass is 310 g/mol. The third-order valence-corrected chi connectivity index (χ3v) is 6.12. The number of hydrogen-bond donors (Lipinski definition) is 1. The highest BCUT2D eigenvalue weighted by atomic mass is 32.2. The predicted molar refractivity (Wildman–Crippen MR) is 85.9 cm³/mol. The molecule has 1 aromatic rings. The summed E-state index contributed by atoms with van der Waals surface area (Å²) in [6, 6.07) is 7.50. The van der Waals surface area contributed by atoms with Crippen LogP contribution in [0.3, 0.4) is 0 Å². The summed E-state index contributed by atoms with van der Waals surface area (Å²) in [6.07, 6.45) is 4.96. The first-order valence-electron chi connectivity index (χ1n) is 7.82. The summed E-state index contributed by atoms with van der Waals surface area (Å²) < 4.78 is 24.8. The Kier molecular flexibility index (Phi) is 5.79. The van der Waals surface area contributed by atoms with Gasteiger partial charge in [-0.25, -0.2) is 8.42 Å². The fraction of sp³-hybridized carbons (Fsp3) is 0.625. The molecule has 0 aromatic heterocycles. The van der Waals surface area contributed by atoms with E-state index in [4.69, 9.17) is 5.73 Å². The minimum absolute atomic E-state index is 0.194. The highest BCUT2D eigenvalue weighted by Crippen LogP contribution is 2.23. The topological polar surface area (TPSA) is 63.4 Å². The van der Waals surface area contributed by atoms with Crippen molar-refractivity contribution in [3.05, 3.63) is 29.8 Å². The lowest BCUT2D eigenvalue weighted by Gasteiger charge is -2.27. The first-order valence-corrected chi connectivity index (χ1v) is 9.48. The van der Waals surface area contributed by atoms with Crippen LogP contribution in [-0.2, 0) is 16.4 Å². The van der Waals surface area contributed by atoms with Gasteiger partial charge in [0.2, 0.25) is 0 Å². The summed E-state index contributed by atoms with van der Waals surface area (Å²) in [5, 5.41) is 0. The Morgan fingerprint density at radius 2 is 1.81 bits per heavy atom. The Bertz CT molecular complexity index is 534. The molecule has 5 heteroatoms. The van der Waals surface area contributed by atoms with Crippen molar-refractivity contribution in [2.24, 2.45) is 5.73 Å². The van der Waals surface area contributed by atoms with Crippen molar-refractivity contribution in [1.29, 1.82) is 0 Å². The molecule has 1 saturated carbocycles. The van der Waals surface area contributed by atoms with Crippen molar-refractivity contribution in [2.45, 2.75) is 50.1 Å². The molecule has 0 atom stereocenters. The van der Waals surface area contributed by atoms with Gasteiger partial charge >= 0.3 is 0 Å². The quantitative estimate of drug-likeness (QED) is 0.838. The van der Waals surface area contributed by atoms with Crippen LogP contribution in [0.25, 0.3) is 0 Å². The van der Waals surface area contributed by atoms with E-state index in [9.17, 15) is 8.42 Å². The Balaban J connectivity index is 1.99. The van der Waals surface area contributed by atoms with Crippen LogP contribution in [-0.4, -0.2) is 38.2 Å². The molecule has 118 valence electrons. The number of nitrogens with two attached hydrogens (primary N) is 1. The molecule has 21 heavy (non-hydrogen) atoms. The van der Waals surface area contributed by atoms with E-state index in [1.165, 1.54) is 25.7 Å². The molecule has 1 aliphatic carbocycles. The van der Waals surface area contributed by atoms with Crippen LogP contribution in [0.2, 0.25) is 0 Å². The molecule has 1 aromatic carbocycles. The molecule has 0 spiro atoms. The molecular weight excluding hydrogens is 284 g/mol. The molecule has 0 aliphatic heterocycles. The number of sulfone groups is 1. The van der Waals surface area contributed by atoms with E-state index in [0.717, 1.165) is 12.1 Å². The Hall–Kier alpha value is -0.910. The molecule has 0 heterocycles. The van der Waals surface area contributed by atoms with Gasteiger partial charge in [0.25, 0.3) is 0 Å². The van der Waals surface area contributed by atoms with E-state index < -0.39 is 9.84 Å². The van der Waals surface area contributed by atoms with Gasteiger partial charge in [-0.05, 0) is 37.1 Å². The van der Waals surface area contributed by atoms with E-state index in [-0.39, 0.29) is 5.75 Å². The van der Waals surface area contributed by atoms with Crippen LogP contribution < -0.4 is 5.73 Å². The van der Waals surface area contributed by atoms with Gasteiger partial charge in [-0.1, -0.05) is 31.9 Å². The standard InChI is InChI=1S/C16H26N2O2S/c1-2-18(15-5-3-4-6-15)11-12-21(19,20)16-9-7-14(13-17)8-10-16/h7-10,15H,2-6,11-13,17H2,1H3. The van der Waals surface area contributed by atoms with Gasteiger partial charge in [-0.3, -0.25) is 4.90 Å². The average Bonchev–Trinajstić information content (AvgIpc) is 3.02. The highest BCUT2D eigenvalue weighted by Gasteiger charge is 2.23. The lowest BCUT2D eigenvalue weighted by Crippen LogP contribution is -2.36. The molecule has 1 fully saturated rings. The Morgan fingerprint density at radius 1 is 1.19 bits per heavy atom. The average molecular weight is 310 g/mol. The first-order chi connectivity index (χ1) is 10.1. The normalized spacial score (nSPS) is 16.7. The van der Waals surface area contributed by atoms with E-state index >= 15 is 0 Å². The number of benzene rings is 1. The zero-order chi connectivity index (χ0) is 15.3. The summed E-state index contributed by atoms with van der Waals surface area (Å²) in [4.78, 5) is 2.72. The van der Waals surface area contributed by atoms with Crippen molar-refractivity contribution in [3.63, 3.8) is 0 Å². The van der Waals surface area contributed by atoms with Crippen molar-refractivity contribution < 1.29 is 8.42 Å². The lowest BCUT2D eigenvalue weighted by molar-refractivity contribution is 0.221.